The van der Waals surface area contributed by atoms with Crippen LogP contribution in [0.3, 0.4) is 0 Å². The van der Waals surface area contributed by atoms with Gasteiger partial charge in [0.15, 0.2) is 0 Å². The van der Waals surface area contributed by atoms with Gasteiger partial charge in [0, 0.05) is 39.6 Å². The average Bonchev–Trinajstić information content (AvgIpc) is 2.47. The Balaban J connectivity index is 2.24. The molecule has 0 amide bonds. The number of nitrogens with one attached hydrogen (secondary N) is 2. The van der Waals surface area contributed by atoms with Crippen LogP contribution >= 0.6 is 0 Å². The molecule has 0 saturated heterocycles. The van der Waals surface area contributed by atoms with Crippen molar-refractivity contribution in [3.05, 3.63) is 24.3 Å². The minimum atomic E-state index is 0.307. The van der Waals surface area contributed by atoms with Crippen LogP contribution in [0.2, 0.25) is 0 Å². The van der Waals surface area contributed by atoms with Gasteiger partial charge in [0.25, 0.3) is 0 Å². The number of nitrogen functional groups attached to an aromatic ring is 1. The van der Waals surface area contributed by atoms with Gasteiger partial charge in [-0.2, -0.15) is 15.0 Å². The first-order valence-electron chi connectivity index (χ1n) is 6.44. The third-order valence-electron chi connectivity index (χ3n) is 2.79. The van der Waals surface area contributed by atoms with Gasteiger partial charge in [0.05, 0.1) is 0 Å². The molecule has 0 radical (unpaired) electrons. The summed E-state index contributed by atoms with van der Waals surface area (Å²) in [5.74, 6) is 6.64. The first-order valence-corrected chi connectivity index (χ1v) is 6.44. The lowest BCUT2D eigenvalue weighted by atomic mass is 10.2. The summed E-state index contributed by atoms with van der Waals surface area (Å²) in [7, 11) is 7.70. The first kappa shape index (κ1) is 14.8. The maximum Gasteiger partial charge on any atom is 0.243 e. The molecular formula is C13H20N8. The quantitative estimate of drug-likeness (QED) is 0.555. The van der Waals surface area contributed by atoms with E-state index in [4.69, 9.17) is 5.84 Å². The molecule has 0 unspecified atom stereocenters. The minimum absolute atomic E-state index is 0.307. The van der Waals surface area contributed by atoms with Crippen molar-refractivity contribution in [3.8, 4) is 0 Å². The van der Waals surface area contributed by atoms with E-state index in [0.717, 1.165) is 11.4 Å². The van der Waals surface area contributed by atoms with Crippen LogP contribution in [0.5, 0.6) is 0 Å². The SMILES string of the molecule is CN(C)c1ccc(Nc2nc(NN)nc(N(C)C)n2)cc1. The van der Waals surface area contributed by atoms with E-state index in [1.54, 1.807) is 4.90 Å². The molecule has 0 aliphatic heterocycles. The van der Waals surface area contributed by atoms with Gasteiger partial charge < -0.3 is 15.1 Å². The van der Waals surface area contributed by atoms with Crippen LogP contribution in [-0.4, -0.2) is 43.1 Å². The molecule has 112 valence electrons. The van der Waals surface area contributed by atoms with E-state index < -0.39 is 0 Å². The summed E-state index contributed by atoms with van der Waals surface area (Å²) in [5.41, 5.74) is 4.45. The van der Waals surface area contributed by atoms with Gasteiger partial charge in [0.1, 0.15) is 0 Å². The fourth-order valence-corrected chi connectivity index (χ4v) is 1.66. The van der Waals surface area contributed by atoms with E-state index in [-0.39, 0.29) is 0 Å². The van der Waals surface area contributed by atoms with Crippen LogP contribution < -0.4 is 26.4 Å². The highest BCUT2D eigenvalue weighted by Crippen LogP contribution is 2.19. The van der Waals surface area contributed by atoms with Crippen LogP contribution in [-0.2, 0) is 0 Å². The van der Waals surface area contributed by atoms with Gasteiger partial charge in [0.2, 0.25) is 17.8 Å². The van der Waals surface area contributed by atoms with Crippen LogP contribution in [0.1, 0.15) is 0 Å². The van der Waals surface area contributed by atoms with Crippen LogP contribution in [0.15, 0.2) is 24.3 Å². The van der Waals surface area contributed by atoms with E-state index in [0.29, 0.717) is 17.8 Å². The van der Waals surface area contributed by atoms with Crippen molar-refractivity contribution in [2.24, 2.45) is 5.84 Å². The Hall–Kier alpha value is -2.61. The zero-order valence-corrected chi connectivity index (χ0v) is 12.6. The molecule has 0 aliphatic carbocycles. The van der Waals surface area contributed by atoms with Crippen molar-refractivity contribution in [2.75, 3.05) is 48.7 Å². The fourth-order valence-electron chi connectivity index (χ4n) is 1.66. The molecule has 0 atom stereocenters. The van der Waals surface area contributed by atoms with Crippen molar-refractivity contribution in [1.82, 2.24) is 15.0 Å². The Morgan fingerprint density at radius 1 is 0.857 bits per heavy atom. The zero-order valence-electron chi connectivity index (χ0n) is 12.6. The van der Waals surface area contributed by atoms with Gasteiger partial charge in [-0.25, -0.2) is 5.84 Å². The predicted molar refractivity (Wildman–Crippen MR) is 86.0 cm³/mol. The van der Waals surface area contributed by atoms with Gasteiger partial charge in [-0.1, -0.05) is 0 Å². The minimum Gasteiger partial charge on any atom is -0.378 e. The normalized spacial score (nSPS) is 10.1. The summed E-state index contributed by atoms with van der Waals surface area (Å²) in [6, 6.07) is 7.95. The smallest absolute Gasteiger partial charge is 0.243 e. The Bertz CT molecular complexity index is 594. The molecular weight excluding hydrogens is 268 g/mol. The topological polar surface area (TPSA) is 95.2 Å². The van der Waals surface area contributed by atoms with E-state index in [1.165, 1.54) is 0 Å². The standard InChI is InChI=1S/C13H20N8/c1-20(2)10-7-5-9(6-8-10)15-11-16-12(19-14)18-13(17-11)21(3)4/h5-8H,14H2,1-4H3,(H2,15,16,17,18,19). The maximum atomic E-state index is 5.38. The highest BCUT2D eigenvalue weighted by molar-refractivity contribution is 5.60. The largest absolute Gasteiger partial charge is 0.378 e. The van der Waals surface area contributed by atoms with Gasteiger partial charge in [-0.3, -0.25) is 5.43 Å². The molecule has 0 fully saturated rings. The lowest BCUT2D eigenvalue weighted by Crippen LogP contribution is -2.18. The molecule has 2 rings (SSSR count). The van der Waals surface area contributed by atoms with Crippen LogP contribution in [0, 0.1) is 0 Å². The number of anilines is 5. The molecule has 8 heteroatoms. The average molecular weight is 288 g/mol. The van der Waals surface area contributed by atoms with Crippen molar-refractivity contribution < 1.29 is 0 Å². The highest BCUT2D eigenvalue weighted by Gasteiger charge is 2.07. The van der Waals surface area contributed by atoms with Gasteiger partial charge >= 0.3 is 0 Å². The summed E-state index contributed by atoms with van der Waals surface area (Å²) >= 11 is 0. The molecule has 0 saturated carbocycles. The molecule has 1 heterocycles. The van der Waals surface area contributed by atoms with Crippen molar-refractivity contribution in [1.29, 1.82) is 0 Å². The summed E-state index contributed by atoms with van der Waals surface area (Å²) in [4.78, 5) is 16.5. The number of hydrogen-bond acceptors (Lipinski definition) is 8. The van der Waals surface area contributed by atoms with Crippen molar-refractivity contribution >= 4 is 29.2 Å². The maximum absolute atomic E-state index is 5.38. The molecule has 1 aromatic carbocycles. The lowest BCUT2D eigenvalue weighted by molar-refractivity contribution is 0.957. The van der Waals surface area contributed by atoms with E-state index >= 15 is 0 Å². The Morgan fingerprint density at radius 3 is 2.00 bits per heavy atom. The van der Waals surface area contributed by atoms with E-state index in [2.05, 4.69) is 25.7 Å². The molecule has 0 bridgehead atoms. The van der Waals surface area contributed by atoms with E-state index in [1.807, 2.05) is 57.4 Å². The Labute approximate surface area is 124 Å². The molecule has 0 aliphatic rings. The molecule has 0 spiro atoms. The van der Waals surface area contributed by atoms with Crippen molar-refractivity contribution in [2.45, 2.75) is 0 Å². The van der Waals surface area contributed by atoms with Gasteiger partial charge in [-0.05, 0) is 24.3 Å². The summed E-state index contributed by atoms with van der Waals surface area (Å²) in [5, 5.41) is 3.14. The molecule has 2 aromatic rings. The molecule has 8 nitrogen and oxygen atoms in total. The molecule has 21 heavy (non-hydrogen) atoms. The predicted octanol–water partition coefficient (Wildman–Crippen LogP) is 1.03. The number of nitrogens with zero attached hydrogens (tertiary/aromatic N) is 5. The third-order valence-corrected chi connectivity index (χ3v) is 2.79. The Morgan fingerprint density at radius 2 is 1.48 bits per heavy atom. The first-order chi connectivity index (χ1) is 9.99. The number of hydrazine groups is 1. The summed E-state index contributed by atoms with van der Waals surface area (Å²) in [6.45, 7) is 0. The fraction of sp³-hybridized carbons (Fsp3) is 0.308. The Kier molecular flexibility index (Phi) is 4.39. The zero-order chi connectivity index (χ0) is 15.4. The summed E-state index contributed by atoms with van der Waals surface area (Å²) < 4.78 is 0. The second kappa shape index (κ2) is 6.23. The highest BCUT2D eigenvalue weighted by atomic mass is 15.4. The molecule has 1 aromatic heterocycles. The monoisotopic (exact) mass is 288 g/mol. The number of rotatable bonds is 5. The van der Waals surface area contributed by atoms with Crippen molar-refractivity contribution in [3.63, 3.8) is 0 Å². The second-order valence-corrected chi connectivity index (χ2v) is 4.89. The third kappa shape index (κ3) is 3.69. The van der Waals surface area contributed by atoms with Gasteiger partial charge in [-0.15, -0.1) is 0 Å². The molecule has 4 N–H and O–H groups in total. The van der Waals surface area contributed by atoms with E-state index in [9.17, 15) is 0 Å². The number of aromatic nitrogens is 3. The summed E-state index contributed by atoms with van der Waals surface area (Å²) in [6.07, 6.45) is 0. The number of benzene rings is 1. The van der Waals surface area contributed by atoms with Crippen LogP contribution in [0.25, 0.3) is 0 Å². The second-order valence-electron chi connectivity index (χ2n) is 4.89. The lowest BCUT2D eigenvalue weighted by Gasteiger charge is -2.14. The number of nitrogens with two attached hydrogens (primary N) is 1. The van der Waals surface area contributed by atoms with Crippen LogP contribution in [0.4, 0.5) is 29.2 Å². The number of hydrogen-bond donors (Lipinski definition) is 3.